The van der Waals surface area contributed by atoms with Crippen LogP contribution in [0.3, 0.4) is 0 Å². The molecule has 0 aliphatic carbocycles. The Hall–Kier alpha value is -1.95. The number of carbonyl (C=O) groups excluding carboxylic acids is 1. The van der Waals surface area contributed by atoms with Gasteiger partial charge in [-0.1, -0.05) is 37.3 Å². The number of nitrogens with zero attached hydrogens (tertiary/aromatic N) is 3. The standard InChI is InChI=1S/C15H18N4OS/c1-11-7-9-19(10-8-11)15(20)17-14-16-13(18-21-14)12-5-3-2-4-6-12/h2-6,11H,7-10H2,1H3,(H,16,17,18,20). The monoisotopic (exact) mass is 302 g/mol. The number of carbonyl (C=O) groups is 1. The summed E-state index contributed by atoms with van der Waals surface area (Å²) >= 11 is 1.22. The predicted molar refractivity (Wildman–Crippen MR) is 84.3 cm³/mol. The Morgan fingerprint density at radius 1 is 1.29 bits per heavy atom. The van der Waals surface area contributed by atoms with Crippen LogP contribution in [-0.2, 0) is 0 Å². The quantitative estimate of drug-likeness (QED) is 0.924. The Labute approximate surface area is 128 Å². The van der Waals surface area contributed by atoms with Gasteiger partial charge in [-0.3, -0.25) is 5.32 Å². The molecule has 5 nitrogen and oxygen atoms in total. The number of likely N-dealkylation sites (tertiary alicyclic amines) is 1. The molecule has 2 amide bonds. The van der Waals surface area contributed by atoms with E-state index in [1.54, 1.807) is 0 Å². The van der Waals surface area contributed by atoms with Crippen LogP contribution in [0.1, 0.15) is 19.8 Å². The van der Waals surface area contributed by atoms with Crippen molar-refractivity contribution in [3.05, 3.63) is 30.3 Å². The zero-order valence-electron chi connectivity index (χ0n) is 12.0. The molecular weight excluding hydrogens is 284 g/mol. The van der Waals surface area contributed by atoms with E-state index in [2.05, 4.69) is 21.6 Å². The highest BCUT2D eigenvalue weighted by Gasteiger charge is 2.21. The number of aromatic nitrogens is 2. The van der Waals surface area contributed by atoms with Crippen LogP contribution in [0.25, 0.3) is 11.4 Å². The van der Waals surface area contributed by atoms with Crippen molar-refractivity contribution in [1.82, 2.24) is 14.3 Å². The average Bonchev–Trinajstić information content (AvgIpc) is 2.97. The van der Waals surface area contributed by atoms with E-state index >= 15 is 0 Å². The van der Waals surface area contributed by atoms with Crippen molar-refractivity contribution < 1.29 is 4.79 Å². The fourth-order valence-corrected chi connectivity index (χ4v) is 2.94. The van der Waals surface area contributed by atoms with Crippen LogP contribution in [0, 0.1) is 5.92 Å². The minimum absolute atomic E-state index is 0.0716. The molecule has 21 heavy (non-hydrogen) atoms. The minimum Gasteiger partial charge on any atom is -0.324 e. The van der Waals surface area contributed by atoms with E-state index < -0.39 is 0 Å². The molecule has 3 rings (SSSR count). The molecule has 1 fully saturated rings. The Balaban J connectivity index is 1.63. The predicted octanol–water partition coefficient (Wildman–Crippen LogP) is 3.47. The van der Waals surface area contributed by atoms with Crippen molar-refractivity contribution >= 4 is 22.7 Å². The van der Waals surface area contributed by atoms with Crippen LogP contribution in [-0.4, -0.2) is 33.4 Å². The normalized spacial score (nSPS) is 16.0. The highest BCUT2D eigenvalue weighted by atomic mass is 32.1. The van der Waals surface area contributed by atoms with Crippen molar-refractivity contribution in [2.24, 2.45) is 5.92 Å². The van der Waals surface area contributed by atoms with Gasteiger partial charge in [0.15, 0.2) is 5.82 Å². The Bertz CT molecular complexity index is 605. The molecule has 1 aromatic heterocycles. The molecule has 2 heterocycles. The number of hydrogen-bond acceptors (Lipinski definition) is 4. The zero-order chi connectivity index (χ0) is 14.7. The summed E-state index contributed by atoms with van der Waals surface area (Å²) in [6, 6.07) is 9.69. The fraction of sp³-hybridized carbons (Fsp3) is 0.400. The molecule has 0 radical (unpaired) electrons. The van der Waals surface area contributed by atoms with E-state index in [-0.39, 0.29) is 6.03 Å². The van der Waals surface area contributed by atoms with Crippen molar-refractivity contribution in [3.63, 3.8) is 0 Å². The maximum Gasteiger partial charge on any atom is 0.323 e. The average molecular weight is 302 g/mol. The lowest BCUT2D eigenvalue weighted by atomic mass is 10.00. The van der Waals surface area contributed by atoms with Gasteiger partial charge in [0.1, 0.15) is 0 Å². The van der Waals surface area contributed by atoms with E-state index in [1.807, 2.05) is 35.2 Å². The second kappa shape index (κ2) is 6.22. The van der Waals surface area contributed by atoms with E-state index in [0.29, 0.717) is 16.9 Å². The van der Waals surface area contributed by atoms with E-state index in [4.69, 9.17) is 0 Å². The number of benzene rings is 1. The van der Waals surface area contributed by atoms with Gasteiger partial charge in [0.2, 0.25) is 5.13 Å². The fourth-order valence-electron chi connectivity index (χ4n) is 2.36. The van der Waals surface area contributed by atoms with Gasteiger partial charge in [0.05, 0.1) is 0 Å². The van der Waals surface area contributed by atoms with Crippen LogP contribution in [0.5, 0.6) is 0 Å². The first-order valence-electron chi connectivity index (χ1n) is 7.17. The second-order valence-electron chi connectivity index (χ2n) is 5.39. The number of urea groups is 1. The molecule has 1 aliphatic heterocycles. The van der Waals surface area contributed by atoms with Gasteiger partial charge < -0.3 is 4.90 Å². The SMILES string of the molecule is CC1CCN(C(=O)Nc2nc(-c3ccccc3)ns2)CC1. The van der Waals surface area contributed by atoms with Crippen molar-refractivity contribution in [1.29, 1.82) is 0 Å². The summed E-state index contributed by atoms with van der Waals surface area (Å²) in [7, 11) is 0. The molecule has 0 saturated carbocycles. The molecule has 0 bridgehead atoms. The number of amides is 2. The van der Waals surface area contributed by atoms with Gasteiger partial charge in [-0.15, -0.1) is 0 Å². The van der Waals surface area contributed by atoms with Crippen molar-refractivity contribution in [2.45, 2.75) is 19.8 Å². The molecule has 1 aliphatic rings. The van der Waals surface area contributed by atoms with Crippen LogP contribution < -0.4 is 5.32 Å². The third-order valence-corrected chi connectivity index (χ3v) is 4.37. The highest BCUT2D eigenvalue weighted by molar-refractivity contribution is 7.10. The molecule has 1 aromatic carbocycles. The molecule has 1 saturated heterocycles. The summed E-state index contributed by atoms with van der Waals surface area (Å²) < 4.78 is 4.29. The number of nitrogens with one attached hydrogen (secondary N) is 1. The minimum atomic E-state index is -0.0716. The molecule has 2 aromatic rings. The Kier molecular flexibility index (Phi) is 4.15. The van der Waals surface area contributed by atoms with Crippen LogP contribution in [0.15, 0.2) is 30.3 Å². The van der Waals surface area contributed by atoms with Crippen molar-refractivity contribution in [3.8, 4) is 11.4 Å². The number of hydrogen-bond donors (Lipinski definition) is 1. The second-order valence-corrected chi connectivity index (χ2v) is 6.14. The first-order chi connectivity index (χ1) is 10.2. The number of rotatable bonds is 2. The molecule has 0 spiro atoms. The van der Waals surface area contributed by atoms with E-state index in [1.165, 1.54) is 11.5 Å². The van der Waals surface area contributed by atoms with Crippen LogP contribution in [0.4, 0.5) is 9.93 Å². The molecular formula is C15H18N4OS. The largest absolute Gasteiger partial charge is 0.324 e. The third kappa shape index (κ3) is 3.39. The summed E-state index contributed by atoms with van der Waals surface area (Å²) in [6.45, 7) is 3.86. The first-order valence-corrected chi connectivity index (χ1v) is 7.95. The lowest BCUT2D eigenvalue weighted by Crippen LogP contribution is -2.40. The maximum absolute atomic E-state index is 12.2. The van der Waals surface area contributed by atoms with Gasteiger partial charge in [-0.25, -0.2) is 4.79 Å². The molecule has 0 atom stereocenters. The summed E-state index contributed by atoms with van der Waals surface area (Å²) in [4.78, 5) is 18.4. The topological polar surface area (TPSA) is 58.1 Å². The van der Waals surface area contributed by atoms with Crippen molar-refractivity contribution in [2.75, 3.05) is 18.4 Å². The van der Waals surface area contributed by atoms with Gasteiger partial charge in [-0.2, -0.15) is 9.36 Å². The van der Waals surface area contributed by atoms with Gasteiger partial charge >= 0.3 is 6.03 Å². The lowest BCUT2D eigenvalue weighted by Gasteiger charge is -2.29. The number of anilines is 1. The Morgan fingerprint density at radius 3 is 2.71 bits per heavy atom. The van der Waals surface area contributed by atoms with E-state index in [9.17, 15) is 4.79 Å². The number of piperidine rings is 1. The molecule has 0 unspecified atom stereocenters. The van der Waals surface area contributed by atoms with Crippen LogP contribution >= 0.6 is 11.5 Å². The Morgan fingerprint density at radius 2 is 2.00 bits per heavy atom. The first kappa shape index (κ1) is 14.0. The van der Waals surface area contributed by atoms with Crippen LogP contribution in [0.2, 0.25) is 0 Å². The maximum atomic E-state index is 12.2. The highest BCUT2D eigenvalue weighted by Crippen LogP contribution is 2.22. The van der Waals surface area contributed by atoms with Gasteiger partial charge in [0.25, 0.3) is 0 Å². The molecule has 110 valence electrons. The lowest BCUT2D eigenvalue weighted by molar-refractivity contribution is 0.186. The molecule has 1 N–H and O–H groups in total. The zero-order valence-corrected chi connectivity index (χ0v) is 12.8. The summed E-state index contributed by atoms with van der Waals surface area (Å²) in [5.74, 6) is 1.36. The smallest absolute Gasteiger partial charge is 0.323 e. The van der Waals surface area contributed by atoms with Gasteiger partial charge in [-0.05, 0) is 18.8 Å². The third-order valence-electron chi connectivity index (χ3n) is 3.74. The van der Waals surface area contributed by atoms with E-state index in [0.717, 1.165) is 31.5 Å². The van der Waals surface area contributed by atoms with Gasteiger partial charge in [0, 0.05) is 30.2 Å². The summed E-state index contributed by atoms with van der Waals surface area (Å²) in [5.41, 5.74) is 0.959. The summed E-state index contributed by atoms with van der Waals surface area (Å²) in [5, 5.41) is 3.40. The summed E-state index contributed by atoms with van der Waals surface area (Å²) in [6.07, 6.45) is 2.14. The molecule has 6 heteroatoms.